The Labute approximate surface area is 118 Å². The molecule has 0 atom stereocenters. The minimum Gasteiger partial charge on any atom is -0.370 e. The van der Waals surface area contributed by atoms with Crippen molar-refractivity contribution in [2.75, 3.05) is 11.9 Å². The van der Waals surface area contributed by atoms with Crippen molar-refractivity contribution in [3.05, 3.63) is 27.8 Å². The molecule has 6 heteroatoms. The van der Waals surface area contributed by atoms with Gasteiger partial charge in [0.05, 0.1) is 16.4 Å². The minimum atomic E-state index is 0.681. The Bertz CT molecular complexity index is 618. The summed E-state index contributed by atoms with van der Waals surface area (Å²) >= 11 is 6.20. The zero-order valence-corrected chi connectivity index (χ0v) is 12.6. The molecule has 0 aliphatic rings. The number of hydrogen-bond acceptors (Lipinski definition) is 4. The van der Waals surface area contributed by atoms with Crippen molar-refractivity contribution < 1.29 is 0 Å². The van der Waals surface area contributed by atoms with E-state index in [4.69, 9.17) is 11.6 Å². The van der Waals surface area contributed by atoms with Gasteiger partial charge in [0.15, 0.2) is 5.82 Å². The number of halogens is 1. The van der Waals surface area contributed by atoms with Crippen molar-refractivity contribution in [1.29, 1.82) is 0 Å². The van der Waals surface area contributed by atoms with Crippen LogP contribution in [-0.2, 0) is 0 Å². The molecule has 0 radical (unpaired) electrons. The first kappa shape index (κ1) is 13.8. The third-order valence-corrected chi connectivity index (χ3v) is 3.53. The maximum atomic E-state index is 6.20. The second-order valence-electron chi connectivity index (χ2n) is 4.49. The highest BCUT2D eigenvalue weighted by molar-refractivity contribution is 6.31. The molecule has 1 N–H and O–H groups in total. The average molecular weight is 280 g/mol. The highest BCUT2D eigenvalue weighted by Gasteiger charge is 2.16. The number of aromatic nitrogens is 4. The summed E-state index contributed by atoms with van der Waals surface area (Å²) in [5.41, 5.74) is 2.66. The Morgan fingerprint density at radius 3 is 2.37 bits per heavy atom. The van der Waals surface area contributed by atoms with Crippen molar-refractivity contribution in [3.8, 4) is 5.82 Å². The Kier molecular flexibility index (Phi) is 3.75. The summed E-state index contributed by atoms with van der Waals surface area (Å²) in [5, 5.41) is 8.37. The van der Waals surface area contributed by atoms with Crippen LogP contribution in [0.15, 0.2) is 0 Å². The fraction of sp³-hybridized carbons (Fsp3) is 0.462. The van der Waals surface area contributed by atoms with Gasteiger partial charge < -0.3 is 5.32 Å². The molecule has 0 unspecified atom stereocenters. The standard InChI is InChI=1S/C13H18ClN5/c1-6-15-12-7(2)13(17-10(5)16-12)19-9(4)11(14)8(3)18-19/h6H2,1-5H3,(H,15,16,17). The predicted octanol–water partition coefficient (Wildman–Crippen LogP) is 2.98. The van der Waals surface area contributed by atoms with E-state index in [1.807, 2.05) is 34.6 Å². The van der Waals surface area contributed by atoms with Gasteiger partial charge in [-0.15, -0.1) is 0 Å². The van der Waals surface area contributed by atoms with Crippen LogP contribution in [0.2, 0.25) is 5.02 Å². The largest absolute Gasteiger partial charge is 0.370 e. The van der Waals surface area contributed by atoms with Gasteiger partial charge in [-0.05, 0) is 34.6 Å². The summed E-state index contributed by atoms with van der Waals surface area (Å²) in [4.78, 5) is 8.90. The average Bonchev–Trinajstić information content (AvgIpc) is 2.61. The van der Waals surface area contributed by atoms with E-state index in [2.05, 4.69) is 20.4 Å². The lowest BCUT2D eigenvalue weighted by Gasteiger charge is -2.12. The summed E-state index contributed by atoms with van der Waals surface area (Å²) < 4.78 is 1.78. The Hall–Kier alpha value is -1.62. The topological polar surface area (TPSA) is 55.6 Å². The molecule has 0 amide bonds. The zero-order valence-electron chi connectivity index (χ0n) is 11.9. The monoisotopic (exact) mass is 279 g/mol. The van der Waals surface area contributed by atoms with Crippen molar-refractivity contribution >= 4 is 17.4 Å². The molecular formula is C13H18ClN5. The second-order valence-corrected chi connectivity index (χ2v) is 4.87. The van der Waals surface area contributed by atoms with Gasteiger partial charge >= 0.3 is 0 Å². The third kappa shape index (κ3) is 2.42. The molecule has 2 aromatic heterocycles. The van der Waals surface area contributed by atoms with E-state index in [0.29, 0.717) is 10.8 Å². The summed E-state index contributed by atoms with van der Waals surface area (Å²) in [6.07, 6.45) is 0. The van der Waals surface area contributed by atoms with Crippen molar-refractivity contribution in [3.63, 3.8) is 0 Å². The summed E-state index contributed by atoms with van der Waals surface area (Å²) in [5.74, 6) is 2.32. The fourth-order valence-corrected chi connectivity index (χ4v) is 2.11. The second kappa shape index (κ2) is 5.17. The first-order chi connectivity index (χ1) is 8.95. The Morgan fingerprint density at radius 2 is 1.84 bits per heavy atom. The smallest absolute Gasteiger partial charge is 0.162 e. The van der Waals surface area contributed by atoms with Crippen LogP contribution >= 0.6 is 11.6 Å². The maximum absolute atomic E-state index is 6.20. The van der Waals surface area contributed by atoms with Crippen LogP contribution in [0.3, 0.4) is 0 Å². The van der Waals surface area contributed by atoms with Crippen LogP contribution in [0.25, 0.3) is 5.82 Å². The van der Waals surface area contributed by atoms with Crippen LogP contribution in [-0.4, -0.2) is 26.3 Å². The van der Waals surface area contributed by atoms with Crippen LogP contribution in [0, 0.1) is 27.7 Å². The highest BCUT2D eigenvalue weighted by atomic mass is 35.5. The number of rotatable bonds is 3. The first-order valence-electron chi connectivity index (χ1n) is 6.26. The van der Waals surface area contributed by atoms with Gasteiger partial charge in [-0.2, -0.15) is 5.10 Å². The SMILES string of the molecule is CCNc1nc(C)nc(-n2nc(C)c(Cl)c2C)c1C. The Morgan fingerprint density at radius 1 is 1.16 bits per heavy atom. The van der Waals surface area contributed by atoms with Gasteiger partial charge in [0, 0.05) is 12.1 Å². The predicted molar refractivity (Wildman–Crippen MR) is 77.3 cm³/mol. The molecule has 0 fully saturated rings. The van der Waals surface area contributed by atoms with Crippen LogP contribution in [0.1, 0.15) is 29.7 Å². The molecule has 0 saturated heterocycles. The van der Waals surface area contributed by atoms with E-state index in [-0.39, 0.29) is 0 Å². The van der Waals surface area contributed by atoms with Gasteiger partial charge in [0.1, 0.15) is 11.6 Å². The van der Waals surface area contributed by atoms with Crippen molar-refractivity contribution in [2.24, 2.45) is 0 Å². The lowest BCUT2D eigenvalue weighted by atomic mass is 10.3. The van der Waals surface area contributed by atoms with Crippen molar-refractivity contribution in [2.45, 2.75) is 34.6 Å². The molecule has 0 saturated carbocycles. The van der Waals surface area contributed by atoms with E-state index in [1.54, 1.807) is 4.68 Å². The summed E-state index contributed by atoms with van der Waals surface area (Å²) in [6, 6.07) is 0. The normalized spacial score (nSPS) is 10.8. The number of aryl methyl sites for hydroxylation is 2. The van der Waals surface area contributed by atoms with Gasteiger partial charge in [-0.3, -0.25) is 0 Å². The first-order valence-corrected chi connectivity index (χ1v) is 6.64. The molecular weight excluding hydrogens is 262 g/mol. The molecule has 102 valence electrons. The van der Waals surface area contributed by atoms with Crippen LogP contribution < -0.4 is 5.32 Å². The molecule has 0 aliphatic carbocycles. The molecule has 0 bridgehead atoms. The molecule has 19 heavy (non-hydrogen) atoms. The molecule has 2 aromatic rings. The maximum Gasteiger partial charge on any atom is 0.162 e. The number of hydrogen-bond donors (Lipinski definition) is 1. The highest BCUT2D eigenvalue weighted by Crippen LogP contribution is 2.25. The minimum absolute atomic E-state index is 0.681. The van der Waals surface area contributed by atoms with Crippen LogP contribution in [0.5, 0.6) is 0 Å². The van der Waals surface area contributed by atoms with E-state index < -0.39 is 0 Å². The van der Waals surface area contributed by atoms with Gasteiger partial charge in [-0.1, -0.05) is 11.6 Å². The van der Waals surface area contributed by atoms with Crippen molar-refractivity contribution in [1.82, 2.24) is 19.7 Å². The molecule has 0 aliphatic heterocycles. The summed E-state index contributed by atoms with van der Waals surface area (Å²) in [7, 11) is 0. The Balaban J connectivity index is 2.64. The molecule has 5 nitrogen and oxygen atoms in total. The lowest BCUT2D eigenvalue weighted by molar-refractivity contribution is 0.784. The molecule has 0 spiro atoms. The molecule has 2 rings (SSSR count). The van der Waals surface area contributed by atoms with E-state index in [0.717, 1.165) is 35.1 Å². The number of anilines is 1. The van der Waals surface area contributed by atoms with E-state index in [9.17, 15) is 0 Å². The lowest BCUT2D eigenvalue weighted by Crippen LogP contribution is -2.11. The summed E-state index contributed by atoms with van der Waals surface area (Å²) in [6.45, 7) is 10.5. The van der Waals surface area contributed by atoms with Gasteiger partial charge in [0.25, 0.3) is 0 Å². The van der Waals surface area contributed by atoms with Crippen LogP contribution in [0.4, 0.5) is 5.82 Å². The number of nitrogens with one attached hydrogen (secondary N) is 1. The molecule has 0 aromatic carbocycles. The molecule has 2 heterocycles. The quantitative estimate of drug-likeness (QED) is 0.938. The van der Waals surface area contributed by atoms with Gasteiger partial charge in [-0.25, -0.2) is 14.6 Å². The van der Waals surface area contributed by atoms with Gasteiger partial charge in [0.2, 0.25) is 0 Å². The van der Waals surface area contributed by atoms with E-state index >= 15 is 0 Å². The fourth-order valence-electron chi connectivity index (χ4n) is 1.99. The third-order valence-electron chi connectivity index (χ3n) is 2.98. The zero-order chi connectivity index (χ0) is 14.2. The van der Waals surface area contributed by atoms with E-state index in [1.165, 1.54) is 0 Å². The number of nitrogens with zero attached hydrogens (tertiary/aromatic N) is 4.